The highest BCUT2D eigenvalue weighted by atomic mass is 32.3. The fourth-order valence-electron chi connectivity index (χ4n) is 2.98. The van der Waals surface area contributed by atoms with E-state index in [1.807, 2.05) is 0 Å². The number of methoxy groups -OCH3 is 2. The van der Waals surface area contributed by atoms with E-state index < -0.39 is 20.0 Å². The number of thiophene rings is 2. The third kappa shape index (κ3) is 5.36. The first-order chi connectivity index (χ1) is 16.2. The third-order valence-electron chi connectivity index (χ3n) is 4.58. The van der Waals surface area contributed by atoms with Crippen LogP contribution in [0.1, 0.15) is 0 Å². The zero-order chi connectivity index (χ0) is 24.3. The van der Waals surface area contributed by atoms with Crippen LogP contribution in [-0.2, 0) is 20.0 Å². The fraction of sp³-hybridized carbons (Fsp3) is 0.0909. The second kappa shape index (κ2) is 9.66. The SMILES string of the molecule is COc1cccc(NS(=O)(=O)c2ccc(-c3ccc(S(=O)(=O)Nc4cccc(OC)c4)s3)s2)c1. The number of rotatable bonds is 9. The normalized spacial score (nSPS) is 11.7. The zero-order valence-corrected chi connectivity index (χ0v) is 21.3. The second-order valence-corrected chi connectivity index (χ2v) is 12.9. The molecule has 12 heteroatoms. The lowest BCUT2D eigenvalue weighted by molar-refractivity contribution is 0.415. The van der Waals surface area contributed by atoms with Gasteiger partial charge in [0.1, 0.15) is 19.9 Å². The van der Waals surface area contributed by atoms with E-state index in [4.69, 9.17) is 9.47 Å². The molecule has 0 bridgehead atoms. The first-order valence-corrected chi connectivity index (χ1v) is 14.3. The Morgan fingerprint density at radius 3 is 1.41 bits per heavy atom. The number of hydrogen-bond acceptors (Lipinski definition) is 8. The summed E-state index contributed by atoms with van der Waals surface area (Å²) in [5.74, 6) is 1.06. The molecule has 0 aliphatic heterocycles. The molecule has 4 aromatic rings. The van der Waals surface area contributed by atoms with Crippen LogP contribution in [0.3, 0.4) is 0 Å². The van der Waals surface area contributed by atoms with Gasteiger partial charge in [-0.25, -0.2) is 16.8 Å². The van der Waals surface area contributed by atoms with E-state index in [0.717, 1.165) is 22.7 Å². The molecular formula is C22H20N2O6S4. The molecule has 34 heavy (non-hydrogen) atoms. The van der Waals surface area contributed by atoms with Gasteiger partial charge in [0.2, 0.25) is 0 Å². The molecule has 0 fully saturated rings. The molecule has 0 amide bonds. The monoisotopic (exact) mass is 536 g/mol. The average molecular weight is 537 g/mol. The summed E-state index contributed by atoms with van der Waals surface area (Å²) < 4.78 is 66.8. The molecule has 178 valence electrons. The van der Waals surface area contributed by atoms with E-state index in [2.05, 4.69) is 9.44 Å². The van der Waals surface area contributed by atoms with Crippen LogP contribution < -0.4 is 18.9 Å². The summed E-state index contributed by atoms with van der Waals surface area (Å²) in [4.78, 5) is 1.28. The Labute approximate surface area is 205 Å². The van der Waals surface area contributed by atoms with Crippen molar-refractivity contribution < 1.29 is 26.3 Å². The zero-order valence-electron chi connectivity index (χ0n) is 18.0. The van der Waals surface area contributed by atoms with Gasteiger partial charge in [-0.15, -0.1) is 22.7 Å². The average Bonchev–Trinajstić information content (AvgIpc) is 3.49. The Hall–Kier alpha value is -3.06. The minimum atomic E-state index is -3.82. The van der Waals surface area contributed by atoms with Crippen molar-refractivity contribution in [2.45, 2.75) is 8.42 Å². The third-order valence-corrected chi connectivity index (χ3v) is 10.7. The largest absolute Gasteiger partial charge is 0.497 e. The molecule has 0 radical (unpaired) electrons. The molecule has 0 atom stereocenters. The smallest absolute Gasteiger partial charge is 0.271 e. The fourth-order valence-corrected chi connectivity index (χ4v) is 7.78. The van der Waals surface area contributed by atoms with Gasteiger partial charge in [-0.05, 0) is 48.5 Å². The van der Waals surface area contributed by atoms with Crippen LogP contribution in [0.2, 0.25) is 0 Å². The maximum Gasteiger partial charge on any atom is 0.271 e. The summed E-state index contributed by atoms with van der Waals surface area (Å²) in [5, 5.41) is 0. The highest BCUT2D eigenvalue weighted by Crippen LogP contribution is 2.37. The molecule has 2 heterocycles. The number of nitrogens with one attached hydrogen (secondary N) is 2. The van der Waals surface area contributed by atoms with Crippen molar-refractivity contribution in [3.05, 3.63) is 72.8 Å². The molecule has 0 aliphatic carbocycles. The van der Waals surface area contributed by atoms with Crippen molar-refractivity contribution in [1.29, 1.82) is 0 Å². The predicted octanol–water partition coefficient (Wildman–Crippen LogP) is 5.10. The summed E-state index contributed by atoms with van der Waals surface area (Å²) in [5.41, 5.74) is 0.754. The summed E-state index contributed by atoms with van der Waals surface area (Å²) >= 11 is 2.10. The lowest BCUT2D eigenvalue weighted by Gasteiger charge is -2.07. The Balaban J connectivity index is 1.53. The molecule has 0 aliphatic rings. The minimum Gasteiger partial charge on any atom is -0.497 e. The molecule has 2 N–H and O–H groups in total. The maximum atomic E-state index is 12.8. The van der Waals surface area contributed by atoms with Gasteiger partial charge in [0.15, 0.2) is 0 Å². The number of sulfonamides is 2. The van der Waals surface area contributed by atoms with Crippen molar-refractivity contribution in [1.82, 2.24) is 0 Å². The van der Waals surface area contributed by atoms with Crippen LogP contribution >= 0.6 is 22.7 Å². The van der Waals surface area contributed by atoms with Gasteiger partial charge in [-0.1, -0.05) is 12.1 Å². The molecule has 2 aromatic carbocycles. The first kappa shape index (κ1) is 24.1. The number of ether oxygens (including phenoxy) is 2. The Morgan fingerprint density at radius 1 is 0.618 bits per heavy atom. The summed E-state index contributed by atoms with van der Waals surface area (Å²) in [6.45, 7) is 0. The quantitative estimate of drug-likeness (QED) is 0.308. The lowest BCUT2D eigenvalue weighted by atomic mass is 10.3. The van der Waals surface area contributed by atoms with Crippen LogP contribution in [0.15, 0.2) is 81.2 Å². The van der Waals surface area contributed by atoms with E-state index in [1.54, 1.807) is 60.7 Å². The highest BCUT2D eigenvalue weighted by Gasteiger charge is 2.21. The Kier molecular flexibility index (Phi) is 6.84. The van der Waals surface area contributed by atoms with Gasteiger partial charge in [0.05, 0.1) is 25.6 Å². The molecule has 8 nitrogen and oxygen atoms in total. The van der Waals surface area contributed by atoms with Crippen molar-refractivity contribution in [3.8, 4) is 21.3 Å². The summed E-state index contributed by atoms with van der Waals surface area (Å²) in [6.07, 6.45) is 0. The van der Waals surface area contributed by atoms with Gasteiger partial charge in [-0.3, -0.25) is 9.44 Å². The summed E-state index contributed by atoms with van der Waals surface area (Å²) in [7, 11) is -4.64. The highest BCUT2D eigenvalue weighted by molar-refractivity contribution is 7.95. The van der Waals surface area contributed by atoms with Crippen LogP contribution in [0, 0.1) is 0 Å². The lowest BCUT2D eigenvalue weighted by Crippen LogP contribution is -2.11. The number of hydrogen-bond donors (Lipinski definition) is 2. The van der Waals surface area contributed by atoms with Crippen molar-refractivity contribution >= 4 is 54.1 Å². The number of benzene rings is 2. The predicted molar refractivity (Wildman–Crippen MR) is 135 cm³/mol. The molecule has 2 aromatic heterocycles. The van der Waals surface area contributed by atoms with Crippen LogP contribution in [-0.4, -0.2) is 31.1 Å². The molecule has 0 spiro atoms. The van der Waals surface area contributed by atoms with E-state index in [-0.39, 0.29) is 8.42 Å². The number of anilines is 2. The topological polar surface area (TPSA) is 111 Å². The van der Waals surface area contributed by atoms with Crippen molar-refractivity contribution in [2.24, 2.45) is 0 Å². The van der Waals surface area contributed by atoms with Gasteiger partial charge >= 0.3 is 0 Å². The molecule has 0 unspecified atom stereocenters. The van der Waals surface area contributed by atoms with E-state index in [0.29, 0.717) is 32.6 Å². The minimum absolute atomic E-state index is 0.109. The standard InChI is InChI=1S/C22H20N2O6S4/c1-29-17-7-3-5-15(13-17)23-33(25,26)21-11-9-19(31-21)20-10-12-22(32-20)34(27,28)24-16-6-4-8-18(14-16)30-2/h3-14,23-24H,1-2H3. The van der Waals surface area contributed by atoms with E-state index in [1.165, 1.54) is 26.4 Å². The molecular weight excluding hydrogens is 517 g/mol. The first-order valence-electron chi connectivity index (χ1n) is 9.74. The Bertz CT molecular complexity index is 1410. The van der Waals surface area contributed by atoms with Crippen LogP contribution in [0.25, 0.3) is 9.75 Å². The van der Waals surface area contributed by atoms with E-state index in [9.17, 15) is 16.8 Å². The molecule has 4 rings (SSSR count). The Morgan fingerprint density at radius 2 is 1.03 bits per heavy atom. The summed E-state index contributed by atoms with van der Waals surface area (Å²) in [6, 6.07) is 19.5. The maximum absolute atomic E-state index is 12.8. The van der Waals surface area contributed by atoms with Crippen LogP contribution in [0.5, 0.6) is 11.5 Å². The van der Waals surface area contributed by atoms with Crippen LogP contribution in [0.4, 0.5) is 11.4 Å². The van der Waals surface area contributed by atoms with Gasteiger partial charge < -0.3 is 9.47 Å². The van der Waals surface area contributed by atoms with Gasteiger partial charge in [0, 0.05) is 21.9 Å². The molecule has 0 saturated heterocycles. The second-order valence-electron chi connectivity index (χ2n) is 6.91. The van der Waals surface area contributed by atoms with E-state index >= 15 is 0 Å². The van der Waals surface area contributed by atoms with Gasteiger partial charge in [0.25, 0.3) is 20.0 Å². The molecule has 0 saturated carbocycles. The van der Waals surface area contributed by atoms with Crippen molar-refractivity contribution in [3.63, 3.8) is 0 Å². The van der Waals surface area contributed by atoms with Gasteiger partial charge in [-0.2, -0.15) is 0 Å². The van der Waals surface area contributed by atoms with Crippen molar-refractivity contribution in [2.75, 3.05) is 23.7 Å².